The van der Waals surface area contributed by atoms with E-state index in [0.29, 0.717) is 17.6 Å². The Morgan fingerprint density at radius 1 is 1.64 bits per heavy atom. The normalized spacial score (nSPS) is 24.5. The van der Waals surface area contributed by atoms with Crippen molar-refractivity contribution < 1.29 is 4.79 Å². The van der Waals surface area contributed by atoms with Crippen molar-refractivity contribution in [1.82, 2.24) is 5.32 Å². The Kier molecular flexibility index (Phi) is 3.06. The second kappa shape index (κ2) is 3.86. The summed E-state index contributed by atoms with van der Waals surface area (Å²) in [6, 6.07) is 0. The molecule has 1 fully saturated rings. The maximum absolute atomic E-state index is 11.4. The molecule has 1 N–H and O–H groups in total. The third kappa shape index (κ3) is 2.62. The summed E-state index contributed by atoms with van der Waals surface area (Å²) in [5.74, 6) is 1.28. The van der Waals surface area contributed by atoms with Crippen LogP contribution in [0.4, 0.5) is 0 Å². The second-order valence-corrected chi connectivity index (χ2v) is 3.75. The second-order valence-electron chi connectivity index (χ2n) is 3.75. The van der Waals surface area contributed by atoms with E-state index in [-0.39, 0.29) is 0 Å². The van der Waals surface area contributed by atoms with Gasteiger partial charge in [0.15, 0.2) is 0 Å². The van der Waals surface area contributed by atoms with Crippen molar-refractivity contribution in [2.24, 2.45) is 11.8 Å². The molecule has 1 atom stereocenters. The number of carbonyl (C=O) groups is 1. The van der Waals surface area contributed by atoms with E-state index in [1.54, 1.807) is 0 Å². The highest BCUT2D eigenvalue weighted by Gasteiger charge is 2.22. The van der Waals surface area contributed by atoms with Gasteiger partial charge in [0.05, 0.1) is 0 Å². The van der Waals surface area contributed by atoms with E-state index in [0.717, 1.165) is 25.9 Å². The van der Waals surface area contributed by atoms with Crippen LogP contribution in [-0.2, 0) is 4.79 Å². The maximum Gasteiger partial charge on any atom is 0.137 e. The summed E-state index contributed by atoms with van der Waals surface area (Å²) >= 11 is 0. The van der Waals surface area contributed by atoms with Gasteiger partial charge in [0, 0.05) is 18.9 Å². The first-order valence-corrected chi connectivity index (χ1v) is 4.43. The molecule has 0 radical (unpaired) electrons. The van der Waals surface area contributed by atoms with E-state index in [1.807, 2.05) is 0 Å². The Bertz CT molecular complexity index is 136. The van der Waals surface area contributed by atoms with Crippen LogP contribution < -0.4 is 5.32 Å². The van der Waals surface area contributed by atoms with Crippen LogP contribution in [0.3, 0.4) is 0 Å². The van der Waals surface area contributed by atoms with E-state index < -0.39 is 0 Å². The van der Waals surface area contributed by atoms with Crippen LogP contribution in [0.15, 0.2) is 0 Å². The molecule has 64 valence electrons. The van der Waals surface area contributed by atoms with Crippen molar-refractivity contribution in [3.8, 4) is 0 Å². The summed E-state index contributed by atoms with van der Waals surface area (Å²) in [5.41, 5.74) is 0. The standard InChI is InChI=1S/C9H17NO/c1-7(2)5-9(11)8-3-4-10-6-8/h7-8,10H,3-6H2,1-2H3/t8-/m1/s1. The van der Waals surface area contributed by atoms with Gasteiger partial charge >= 0.3 is 0 Å². The van der Waals surface area contributed by atoms with Crippen LogP contribution in [-0.4, -0.2) is 18.9 Å². The first-order chi connectivity index (χ1) is 5.20. The fourth-order valence-electron chi connectivity index (χ4n) is 1.50. The number of Topliss-reactive ketones (excluding diaryl/α,β-unsaturated/α-hetero) is 1. The summed E-state index contributed by atoms with van der Waals surface area (Å²) in [6.45, 7) is 6.13. The van der Waals surface area contributed by atoms with Crippen molar-refractivity contribution >= 4 is 5.78 Å². The average Bonchev–Trinajstić information content (AvgIpc) is 2.35. The highest BCUT2D eigenvalue weighted by molar-refractivity contribution is 5.81. The molecule has 2 nitrogen and oxygen atoms in total. The fourth-order valence-corrected chi connectivity index (χ4v) is 1.50. The lowest BCUT2D eigenvalue weighted by atomic mass is 9.96. The number of nitrogens with one attached hydrogen (secondary N) is 1. The molecule has 1 saturated heterocycles. The van der Waals surface area contributed by atoms with Crippen LogP contribution in [0, 0.1) is 11.8 Å². The molecule has 0 aromatic heterocycles. The summed E-state index contributed by atoms with van der Waals surface area (Å²) in [5, 5.41) is 3.21. The molecule has 0 amide bonds. The third-order valence-corrected chi connectivity index (χ3v) is 2.13. The lowest BCUT2D eigenvalue weighted by molar-refractivity contribution is -0.123. The highest BCUT2D eigenvalue weighted by Crippen LogP contribution is 2.13. The summed E-state index contributed by atoms with van der Waals surface area (Å²) < 4.78 is 0. The summed E-state index contributed by atoms with van der Waals surface area (Å²) in [6.07, 6.45) is 1.80. The molecule has 1 rings (SSSR count). The fraction of sp³-hybridized carbons (Fsp3) is 0.889. The number of carbonyl (C=O) groups excluding carboxylic acids is 1. The average molecular weight is 155 g/mol. The Morgan fingerprint density at radius 3 is 2.82 bits per heavy atom. The first kappa shape index (κ1) is 8.72. The van der Waals surface area contributed by atoms with Gasteiger partial charge in [-0.1, -0.05) is 13.8 Å². The van der Waals surface area contributed by atoms with E-state index >= 15 is 0 Å². The third-order valence-electron chi connectivity index (χ3n) is 2.13. The van der Waals surface area contributed by atoms with Crippen molar-refractivity contribution in [2.45, 2.75) is 26.7 Å². The highest BCUT2D eigenvalue weighted by atomic mass is 16.1. The Hall–Kier alpha value is -0.370. The van der Waals surface area contributed by atoms with Gasteiger partial charge in [0.2, 0.25) is 0 Å². The molecule has 1 aliphatic heterocycles. The zero-order valence-corrected chi connectivity index (χ0v) is 7.39. The smallest absolute Gasteiger partial charge is 0.137 e. The van der Waals surface area contributed by atoms with E-state index in [4.69, 9.17) is 0 Å². The lowest BCUT2D eigenvalue weighted by Gasteiger charge is -2.08. The molecule has 0 saturated carbocycles. The van der Waals surface area contributed by atoms with Gasteiger partial charge in [-0.05, 0) is 18.9 Å². The monoisotopic (exact) mass is 155 g/mol. The van der Waals surface area contributed by atoms with Gasteiger partial charge in [0.1, 0.15) is 5.78 Å². The molecule has 0 aliphatic carbocycles. The molecular formula is C9H17NO. The molecule has 0 bridgehead atoms. The van der Waals surface area contributed by atoms with Crippen molar-refractivity contribution in [3.63, 3.8) is 0 Å². The van der Waals surface area contributed by atoms with Crippen LogP contribution in [0.2, 0.25) is 0 Å². The first-order valence-electron chi connectivity index (χ1n) is 4.43. The number of rotatable bonds is 3. The summed E-state index contributed by atoms with van der Waals surface area (Å²) in [4.78, 5) is 11.4. The minimum atomic E-state index is 0.317. The quantitative estimate of drug-likeness (QED) is 0.663. The zero-order chi connectivity index (χ0) is 8.27. The molecular weight excluding hydrogens is 138 g/mol. The number of ketones is 1. The van der Waals surface area contributed by atoms with Gasteiger partial charge < -0.3 is 5.32 Å². The van der Waals surface area contributed by atoms with Gasteiger partial charge in [-0.3, -0.25) is 4.79 Å². The van der Waals surface area contributed by atoms with Crippen molar-refractivity contribution in [3.05, 3.63) is 0 Å². The zero-order valence-electron chi connectivity index (χ0n) is 7.39. The van der Waals surface area contributed by atoms with E-state index in [2.05, 4.69) is 19.2 Å². The SMILES string of the molecule is CC(C)CC(=O)[C@@H]1CCNC1. The largest absolute Gasteiger partial charge is 0.316 e. The van der Waals surface area contributed by atoms with E-state index in [9.17, 15) is 4.79 Å². The summed E-state index contributed by atoms with van der Waals surface area (Å²) in [7, 11) is 0. The van der Waals surface area contributed by atoms with Crippen LogP contribution in [0.1, 0.15) is 26.7 Å². The maximum atomic E-state index is 11.4. The Balaban J connectivity index is 2.28. The Morgan fingerprint density at radius 2 is 2.36 bits per heavy atom. The predicted octanol–water partition coefficient (Wildman–Crippen LogP) is 1.21. The molecule has 0 unspecified atom stereocenters. The van der Waals surface area contributed by atoms with Gasteiger partial charge in [-0.15, -0.1) is 0 Å². The molecule has 0 aromatic rings. The van der Waals surface area contributed by atoms with Crippen LogP contribution >= 0.6 is 0 Å². The number of hydrogen-bond acceptors (Lipinski definition) is 2. The van der Waals surface area contributed by atoms with Crippen molar-refractivity contribution in [2.75, 3.05) is 13.1 Å². The molecule has 0 spiro atoms. The lowest BCUT2D eigenvalue weighted by Crippen LogP contribution is -2.18. The molecule has 1 aliphatic rings. The van der Waals surface area contributed by atoms with Gasteiger partial charge in [0.25, 0.3) is 0 Å². The van der Waals surface area contributed by atoms with Crippen LogP contribution in [0.25, 0.3) is 0 Å². The molecule has 2 heteroatoms. The minimum absolute atomic E-state index is 0.317. The number of hydrogen-bond donors (Lipinski definition) is 1. The molecule has 1 heterocycles. The van der Waals surface area contributed by atoms with Crippen molar-refractivity contribution in [1.29, 1.82) is 0 Å². The minimum Gasteiger partial charge on any atom is -0.316 e. The Labute approximate surface area is 68.4 Å². The molecule has 11 heavy (non-hydrogen) atoms. The topological polar surface area (TPSA) is 29.1 Å². The predicted molar refractivity (Wildman–Crippen MR) is 45.4 cm³/mol. The van der Waals surface area contributed by atoms with Gasteiger partial charge in [-0.25, -0.2) is 0 Å². The van der Waals surface area contributed by atoms with Gasteiger partial charge in [-0.2, -0.15) is 0 Å². The van der Waals surface area contributed by atoms with E-state index in [1.165, 1.54) is 0 Å². The van der Waals surface area contributed by atoms with Crippen LogP contribution in [0.5, 0.6) is 0 Å². The molecule has 0 aromatic carbocycles.